The molecule has 0 radical (unpaired) electrons. The Kier molecular flexibility index (Phi) is 8.95. The van der Waals surface area contributed by atoms with Gasteiger partial charge in [-0.3, -0.25) is 4.79 Å². The molecule has 0 aliphatic heterocycles. The van der Waals surface area contributed by atoms with Gasteiger partial charge in [0.1, 0.15) is 5.78 Å². The fourth-order valence-electron chi connectivity index (χ4n) is 1.73. The van der Waals surface area contributed by atoms with E-state index in [9.17, 15) is 4.79 Å². The number of carbonyl (C=O) groups is 1. The van der Waals surface area contributed by atoms with E-state index in [1.54, 1.807) is 0 Å². The first-order chi connectivity index (χ1) is 6.70. The molecule has 0 saturated carbocycles. The highest BCUT2D eigenvalue weighted by Crippen LogP contribution is 2.12. The van der Waals surface area contributed by atoms with E-state index in [1.165, 1.54) is 12.8 Å². The second kappa shape index (κ2) is 9.20. The fraction of sp³-hybridized carbons (Fsp3) is 0.917. The van der Waals surface area contributed by atoms with Crippen molar-refractivity contribution in [2.45, 2.75) is 58.8 Å². The Bertz CT molecular complexity index is 145. The van der Waals surface area contributed by atoms with E-state index < -0.39 is 0 Å². The first-order valence-electron chi connectivity index (χ1n) is 5.92. The first kappa shape index (κ1) is 13.6. The van der Waals surface area contributed by atoms with Gasteiger partial charge in [-0.1, -0.05) is 33.1 Å². The van der Waals surface area contributed by atoms with Crippen molar-refractivity contribution in [1.29, 1.82) is 0 Å². The van der Waals surface area contributed by atoms with Gasteiger partial charge in [-0.15, -0.1) is 0 Å². The highest BCUT2D eigenvalue weighted by atomic mass is 16.1. The molecule has 1 unspecified atom stereocenters. The highest BCUT2D eigenvalue weighted by Gasteiger charge is 2.07. The normalized spacial score (nSPS) is 12.8. The van der Waals surface area contributed by atoms with Gasteiger partial charge in [0.25, 0.3) is 0 Å². The summed E-state index contributed by atoms with van der Waals surface area (Å²) in [6.07, 6.45) is 7.07. The SMILES string of the molecule is CCCC(C)CC(=O)CCCCCN. The van der Waals surface area contributed by atoms with Crippen molar-refractivity contribution < 1.29 is 4.79 Å². The van der Waals surface area contributed by atoms with Crippen LogP contribution >= 0.6 is 0 Å². The molecule has 2 nitrogen and oxygen atoms in total. The zero-order chi connectivity index (χ0) is 10.8. The molecule has 2 N–H and O–H groups in total. The van der Waals surface area contributed by atoms with E-state index >= 15 is 0 Å². The lowest BCUT2D eigenvalue weighted by atomic mass is 9.97. The van der Waals surface area contributed by atoms with Crippen molar-refractivity contribution in [3.63, 3.8) is 0 Å². The molecule has 0 bridgehead atoms. The third-order valence-electron chi connectivity index (χ3n) is 2.52. The molecule has 0 fully saturated rings. The van der Waals surface area contributed by atoms with E-state index in [0.717, 1.165) is 38.6 Å². The Morgan fingerprint density at radius 1 is 1.29 bits per heavy atom. The van der Waals surface area contributed by atoms with Crippen LogP contribution in [0.25, 0.3) is 0 Å². The van der Waals surface area contributed by atoms with Crippen LogP contribution in [-0.2, 0) is 4.79 Å². The zero-order valence-electron chi connectivity index (χ0n) is 9.72. The van der Waals surface area contributed by atoms with Gasteiger partial charge in [0.2, 0.25) is 0 Å². The third kappa shape index (κ3) is 8.24. The first-order valence-corrected chi connectivity index (χ1v) is 5.92. The molecule has 2 heteroatoms. The molecular weight excluding hydrogens is 174 g/mol. The molecule has 1 atom stereocenters. The van der Waals surface area contributed by atoms with Crippen LogP contribution in [0, 0.1) is 5.92 Å². The Morgan fingerprint density at radius 2 is 2.00 bits per heavy atom. The van der Waals surface area contributed by atoms with Crippen molar-refractivity contribution in [3.05, 3.63) is 0 Å². The summed E-state index contributed by atoms with van der Waals surface area (Å²) in [6.45, 7) is 5.09. The monoisotopic (exact) mass is 199 g/mol. The van der Waals surface area contributed by atoms with Gasteiger partial charge >= 0.3 is 0 Å². The Labute approximate surface area is 88.3 Å². The minimum atomic E-state index is 0.433. The van der Waals surface area contributed by atoms with Gasteiger partial charge in [-0.05, 0) is 25.3 Å². The summed E-state index contributed by atoms with van der Waals surface area (Å²) in [5.41, 5.74) is 5.38. The molecule has 0 amide bonds. The lowest BCUT2D eigenvalue weighted by Gasteiger charge is -2.08. The lowest BCUT2D eigenvalue weighted by molar-refractivity contribution is -0.120. The second-order valence-corrected chi connectivity index (χ2v) is 4.24. The van der Waals surface area contributed by atoms with Gasteiger partial charge in [0, 0.05) is 12.8 Å². The van der Waals surface area contributed by atoms with E-state index in [0.29, 0.717) is 11.7 Å². The number of unbranched alkanes of at least 4 members (excludes halogenated alkanes) is 2. The van der Waals surface area contributed by atoms with Crippen LogP contribution in [-0.4, -0.2) is 12.3 Å². The molecule has 0 saturated heterocycles. The van der Waals surface area contributed by atoms with Crippen LogP contribution in [0.2, 0.25) is 0 Å². The summed E-state index contributed by atoms with van der Waals surface area (Å²) >= 11 is 0. The molecule has 0 aromatic heterocycles. The molecule has 0 aromatic rings. The van der Waals surface area contributed by atoms with Crippen LogP contribution in [0.5, 0.6) is 0 Å². The van der Waals surface area contributed by atoms with Crippen LogP contribution in [0.4, 0.5) is 0 Å². The van der Waals surface area contributed by atoms with Crippen LogP contribution in [0.1, 0.15) is 58.8 Å². The average molecular weight is 199 g/mol. The van der Waals surface area contributed by atoms with Crippen LogP contribution in [0.3, 0.4) is 0 Å². The standard InChI is InChI=1S/C12H25NO/c1-3-7-11(2)10-12(14)8-5-4-6-9-13/h11H,3-10,13H2,1-2H3. The van der Waals surface area contributed by atoms with Crippen molar-refractivity contribution >= 4 is 5.78 Å². The summed E-state index contributed by atoms with van der Waals surface area (Å²) in [5, 5.41) is 0. The summed E-state index contributed by atoms with van der Waals surface area (Å²) in [6, 6.07) is 0. The van der Waals surface area contributed by atoms with Gasteiger partial charge in [0.05, 0.1) is 0 Å². The topological polar surface area (TPSA) is 43.1 Å². The van der Waals surface area contributed by atoms with Crippen molar-refractivity contribution in [2.24, 2.45) is 11.7 Å². The maximum Gasteiger partial charge on any atom is 0.133 e. The van der Waals surface area contributed by atoms with Gasteiger partial charge in [-0.2, -0.15) is 0 Å². The fourth-order valence-corrected chi connectivity index (χ4v) is 1.73. The average Bonchev–Trinajstić information content (AvgIpc) is 2.13. The number of Topliss-reactive ketones (excluding diaryl/α,β-unsaturated/α-hetero) is 1. The molecule has 0 heterocycles. The molecule has 0 spiro atoms. The second-order valence-electron chi connectivity index (χ2n) is 4.24. The summed E-state index contributed by atoms with van der Waals surface area (Å²) in [4.78, 5) is 11.5. The lowest BCUT2D eigenvalue weighted by Crippen LogP contribution is -2.05. The molecule has 0 aliphatic rings. The largest absolute Gasteiger partial charge is 0.330 e. The van der Waals surface area contributed by atoms with Crippen LogP contribution in [0.15, 0.2) is 0 Å². The third-order valence-corrected chi connectivity index (χ3v) is 2.52. The number of ketones is 1. The van der Waals surface area contributed by atoms with E-state index in [-0.39, 0.29) is 0 Å². The summed E-state index contributed by atoms with van der Waals surface area (Å²) < 4.78 is 0. The van der Waals surface area contributed by atoms with E-state index in [2.05, 4.69) is 13.8 Å². The molecule has 0 aliphatic carbocycles. The number of carbonyl (C=O) groups excluding carboxylic acids is 1. The molecule has 84 valence electrons. The van der Waals surface area contributed by atoms with Gasteiger partial charge in [-0.25, -0.2) is 0 Å². The van der Waals surface area contributed by atoms with Crippen molar-refractivity contribution in [1.82, 2.24) is 0 Å². The predicted molar refractivity (Wildman–Crippen MR) is 61.2 cm³/mol. The predicted octanol–water partition coefficient (Wildman–Crippen LogP) is 2.90. The number of nitrogens with two attached hydrogens (primary N) is 1. The van der Waals surface area contributed by atoms with Gasteiger partial charge in [0.15, 0.2) is 0 Å². The molecular formula is C12H25NO. The molecule has 14 heavy (non-hydrogen) atoms. The quantitative estimate of drug-likeness (QED) is 0.580. The minimum absolute atomic E-state index is 0.433. The Balaban J connectivity index is 3.35. The highest BCUT2D eigenvalue weighted by molar-refractivity contribution is 5.78. The number of hydrogen-bond donors (Lipinski definition) is 1. The van der Waals surface area contributed by atoms with E-state index in [4.69, 9.17) is 5.73 Å². The summed E-state index contributed by atoms with van der Waals surface area (Å²) in [7, 11) is 0. The number of hydrogen-bond acceptors (Lipinski definition) is 2. The zero-order valence-corrected chi connectivity index (χ0v) is 9.72. The van der Waals surface area contributed by atoms with Crippen molar-refractivity contribution in [3.8, 4) is 0 Å². The Morgan fingerprint density at radius 3 is 2.57 bits per heavy atom. The van der Waals surface area contributed by atoms with Crippen molar-refractivity contribution in [2.75, 3.05) is 6.54 Å². The maximum atomic E-state index is 11.5. The number of rotatable bonds is 9. The Hall–Kier alpha value is -0.370. The van der Waals surface area contributed by atoms with Gasteiger partial charge < -0.3 is 5.73 Å². The smallest absolute Gasteiger partial charge is 0.133 e. The molecule has 0 rings (SSSR count). The molecule has 0 aromatic carbocycles. The van der Waals surface area contributed by atoms with Crippen LogP contribution < -0.4 is 5.73 Å². The van der Waals surface area contributed by atoms with E-state index in [1.807, 2.05) is 0 Å². The maximum absolute atomic E-state index is 11.5. The minimum Gasteiger partial charge on any atom is -0.330 e. The summed E-state index contributed by atoms with van der Waals surface area (Å²) in [5.74, 6) is 1.00.